The Balaban J connectivity index is 2.93. The number of fused-ring (bicyclic) bond motifs is 1. The predicted octanol–water partition coefficient (Wildman–Crippen LogP) is 1.29. The van der Waals surface area contributed by atoms with Gasteiger partial charge in [0, 0.05) is 0 Å². The Kier molecular flexibility index (Phi) is 1.20. The second kappa shape index (κ2) is 2.05. The summed E-state index contributed by atoms with van der Waals surface area (Å²) < 4.78 is 2.51. The molecule has 2 heterocycles. The van der Waals surface area contributed by atoms with E-state index < -0.39 is 0 Å². The number of hydrogen-bond acceptors (Lipinski definition) is 2. The monoisotopic (exact) mass is 196 g/mol. The highest BCUT2D eigenvalue weighted by atomic mass is 79.9. The maximum absolute atomic E-state index is 4.05. The van der Waals surface area contributed by atoms with Gasteiger partial charge in [-0.05, 0) is 28.1 Å². The number of hydrogen-bond donors (Lipinski definition) is 0. The van der Waals surface area contributed by atoms with Crippen molar-refractivity contribution in [3.05, 3.63) is 29.1 Å². The number of nitrogens with zero attached hydrogens (tertiary/aromatic N) is 3. The molecule has 0 aliphatic carbocycles. The molecule has 0 atom stereocenters. The van der Waals surface area contributed by atoms with Gasteiger partial charge in [0.05, 0.1) is 6.20 Å². The van der Waals surface area contributed by atoms with E-state index in [0.717, 1.165) is 10.3 Å². The Morgan fingerprint density at radius 3 is 3.30 bits per heavy atom. The van der Waals surface area contributed by atoms with Crippen LogP contribution in [0.1, 0.15) is 0 Å². The quantitative estimate of drug-likeness (QED) is 0.636. The van der Waals surface area contributed by atoms with Gasteiger partial charge in [0.25, 0.3) is 0 Å². The summed E-state index contributed by atoms with van der Waals surface area (Å²) in [5.41, 5.74) is 0.825. The standard InChI is InChI=1S/C6H3BrN3/c7-5-4-8-6-2-1-3-9-10(5)6/h1-2,4H. The van der Waals surface area contributed by atoms with Gasteiger partial charge in [0.2, 0.25) is 0 Å². The largest absolute Gasteiger partial charge is 0.234 e. The molecule has 10 heavy (non-hydrogen) atoms. The molecule has 0 aliphatic rings. The molecule has 3 nitrogen and oxygen atoms in total. The van der Waals surface area contributed by atoms with Gasteiger partial charge in [0.15, 0.2) is 5.65 Å². The molecule has 0 amide bonds. The van der Waals surface area contributed by atoms with E-state index in [4.69, 9.17) is 0 Å². The second-order valence-electron chi connectivity index (χ2n) is 1.81. The van der Waals surface area contributed by atoms with Gasteiger partial charge >= 0.3 is 0 Å². The first-order chi connectivity index (χ1) is 4.88. The normalized spacial score (nSPS) is 10.5. The lowest BCUT2D eigenvalue weighted by Gasteiger charge is -1.88. The molecule has 0 N–H and O–H groups in total. The first kappa shape index (κ1) is 5.85. The smallest absolute Gasteiger partial charge is 0.154 e. The third-order valence-electron chi connectivity index (χ3n) is 1.19. The van der Waals surface area contributed by atoms with Crippen molar-refractivity contribution in [1.29, 1.82) is 0 Å². The van der Waals surface area contributed by atoms with Gasteiger partial charge in [-0.1, -0.05) is 0 Å². The molecule has 0 fully saturated rings. The molecule has 0 aliphatic heterocycles. The van der Waals surface area contributed by atoms with Gasteiger partial charge in [-0.2, -0.15) is 5.10 Å². The Labute approximate surface area is 65.8 Å². The average molecular weight is 197 g/mol. The molecular formula is C6H3BrN3. The Morgan fingerprint density at radius 2 is 2.50 bits per heavy atom. The number of imidazole rings is 1. The van der Waals surface area contributed by atoms with Crippen molar-refractivity contribution in [2.45, 2.75) is 0 Å². The van der Waals surface area contributed by atoms with Crippen LogP contribution < -0.4 is 0 Å². The average Bonchev–Trinajstić information content (AvgIpc) is 2.34. The maximum Gasteiger partial charge on any atom is 0.154 e. The molecule has 49 valence electrons. The lowest BCUT2D eigenvalue weighted by Crippen LogP contribution is -1.88. The van der Waals surface area contributed by atoms with Crippen molar-refractivity contribution < 1.29 is 0 Å². The first-order valence-corrected chi connectivity index (χ1v) is 3.53. The molecule has 2 aromatic rings. The summed E-state index contributed by atoms with van der Waals surface area (Å²) in [6, 6.07) is 3.58. The third-order valence-corrected chi connectivity index (χ3v) is 1.73. The second-order valence-corrected chi connectivity index (χ2v) is 2.63. The van der Waals surface area contributed by atoms with Crippen LogP contribution in [0.25, 0.3) is 5.65 Å². The van der Waals surface area contributed by atoms with Gasteiger partial charge in [0.1, 0.15) is 10.8 Å². The van der Waals surface area contributed by atoms with Crippen molar-refractivity contribution >= 4 is 21.6 Å². The third kappa shape index (κ3) is 0.724. The van der Waals surface area contributed by atoms with Crippen molar-refractivity contribution in [3.8, 4) is 0 Å². The molecule has 2 rings (SSSR count). The highest BCUT2D eigenvalue weighted by Crippen LogP contribution is 2.09. The summed E-state index contributed by atoms with van der Waals surface area (Å²) in [5.74, 6) is 0. The molecule has 2 aromatic heterocycles. The Hall–Kier alpha value is -0.900. The number of rotatable bonds is 0. The molecule has 0 bridgehead atoms. The molecule has 1 radical (unpaired) electrons. The summed E-state index contributed by atoms with van der Waals surface area (Å²) >= 11 is 3.28. The minimum atomic E-state index is 0.825. The van der Waals surface area contributed by atoms with E-state index in [1.807, 2.05) is 6.07 Å². The first-order valence-electron chi connectivity index (χ1n) is 2.74. The van der Waals surface area contributed by atoms with Crippen LogP contribution in [0.15, 0.2) is 22.9 Å². The summed E-state index contributed by atoms with van der Waals surface area (Å²) in [6.45, 7) is 0. The Bertz CT molecular complexity index is 355. The predicted molar refractivity (Wildman–Crippen MR) is 39.5 cm³/mol. The summed E-state index contributed by atoms with van der Waals surface area (Å²) in [6.07, 6.45) is 4.41. The fourth-order valence-corrected chi connectivity index (χ4v) is 1.12. The molecule has 0 unspecified atom stereocenters. The van der Waals surface area contributed by atoms with E-state index >= 15 is 0 Å². The molecule has 0 spiro atoms. The number of aromatic nitrogens is 3. The van der Waals surface area contributed by atoms with E-state index in [1.54, 1.807) is 16.8 Å². The zero-order valence-electron chi connectivity index (χ0n) is 4.95. The van der Waals surface area contributed by atoms with Gasteiger partial charge in [-0.15, -0.1) is 0 Å². The van der Waals surface area contributed by atoms with Crippen LogP contribution in [0, 0.1) is 6.20 Å². The Morgan fingerprint density at radius 1 is 1.60 bits per heavy atom. The van der Waals surface area contributed by atoms with Crippen molar-refractivity contribution in [2.24, 2.45) is 0 Å². The fourth-order valence-electron chi connectivity index (χ4n) is 0.754. The molecule has 0 saturated carbocycles. The van der Waals surface area contributed by atoms with Crippen LogP contribution in [0.2, 0.25) is 0 Å². The molecule has 0 saturated heterocycles. The van der Waals surface area contributed by atoms with Crippen molar-refractivity contribution in [2.75, 3.05) is 0 Å². The van der Waals surface area contributed by atoms with Crippen LogP contribution in [0.4, 0.5) is 0 Å². The zero-order valence-corrected chi connectivity index (χ0v) is 6.54. The van der Waals surface area contributed by atoms with E-state index in [1.165, 1.54) is 0 Å². The minimum absolute atomic E-state index is 0.825. The van der Waals surface area contributed by atoms with E-state index in [2.05, 4.69) is 32.2 Å². The van der Waals surface area contributed by atoms with Crippen LogP contribution in [0.5, 0.6) is 0 Å². The molecular weight excluding hydrogens is 194 g/mol. The lowest BCUT2D eigenvalue weighted by atomic mass is 10.6. The van der Waals surface area contributed by atoms with Crippen LogP contribution in [-0.2, 0) is 0 Å². The van der Waals surface area contributed by atoms with Crippen LogP contribution in [0.3, 0.4) is 0 Å². The highest BCUT2D eigenvalue weighted by molar-refractivity contribution is 9.10. The minimum Gasteiger partial charge on any atom is -0.234 e. The van der Waals surface area contributed by atoms with E-state index in [-0.39, 0.29) is 0 Å². The fraction of sp³-hybridized carbons (Fsp3) is 0. The summed E-state index contributed by atoms with van der Waals surface area (Å²) in [7, 11) is 0. The van der Waals surface area contributed by atoms with Gasteiger partial charge in [-0.25, -0.2) is 9.50 Å². The highest BCUT2D eigenvalue weighted by Gasteiger charge is 1.96. The summed E-state index contributed by atoms with van der Waals surface area (Å²) in [4.78, 5) is 4.05. The topological polar surface area (TPSA) is 30.2 Å². The zero-order chi connectivity index (χ0) is 6.97. The van der Waals surface area contributed by atoms with Crippen molar-refractivity contribution in [3.63, 3.8) is 0 Å². The number of halogens is 1. The summed E-state index contributed by atoms with van der Waals surface area (Å²) in [5, 5.41) is 3.92. The van der Waals surface area contributed by atoms with Gasteiger partial charge < -0.3 is 0 Å². The van der Waals surface area contributed by atoms with Crippen LogP contribution >= 0.6 is 15.9 Å². The van der Waals surface area contributed by atoms with Crippen molar-refractivity contribution in [1.82, 2.24) is 14.6 Å². The maximum atomic E-state index is 4.05. The SMILES string of the molecule is Brc1cnc2cc[c]nn12. The molecule has 4 heteroatoms. The van der Waals surface area contributed by atoms with E-state index in [0.29, 0.717) is 0 Å². The molecule has 0 aromatic carbocycles. The van der Waals surface area contributed by atoms with Crippen LogP contribution in [-0.4, -0.2) is 14.6 Å². The van der Waals surface area contributed by atoms with E-state index in [9.17, 15) is 0 Å². The lowest BCUT2D eigenvalue weighted by molar-refractivity contribution is 0.910. The van der Waals surface area contributed by atoms with Gasteiger partial charge in [-0.3, -0.25) is 0 Å².